The van der Waals surface area contributed by atoms with Gasteiger partial charge >= 0.3 is 3.18 Å². The minimum Gasteiger partial charge on any atom is -0.508 e. The third kappa shape index (κ3) is 12.5. The van der Waals surface area contributed by atoms with E-state index in [-0.39, 0.29) is 15.6 Å². The molecule has 6 rings (SSSR count). The van der Waals surface area contributed by atoms with Crippen LogP contribution in [0.25, 0.3) is 32.7 Å². The Bertz CT molecular complexity index is 2220. The van der Waals surface area contributed by atoms with Gasteiger partial charge in [0.15, 0.2) is 0 Å². The second-order valence-corrected chi connectivity index (χ2v) is 17.2. The standard InChI is InChI=1S/C13H12N2O.C12H12N2O.C11H10N2O.C3H7F.BBr3/c1-3-15-9-10(8-14)12-6-5-11(16-4-2)7-13(12)15;1-3-14-8-9(7-13)11-5-4-10(15-2)6-12(11)14;1-2-13-7-8(6-12)10-4-3-9(14)5-11(10)13;1-2-3-4;2-1(3)4/h4-7,9H,2-3H2,1H3;4-6,8H,3H2,1-2H3;3-5,7,14H,2H2,1H3;2-3H2,1H3;. The number of halogens is 4. The largest absolute Gasteiger partial charge is 0.508 e. The lowest BCUT2D eigenvalue weighted by molar-refractivity contribution is 0.415. The highest BCUT2D eigenvalue weighted by atomic mass is 79.9. The maximum atomic E-state index is 10.7. The summed E-state index contributed by atoms with van der Waals surface area (Å²) in [5.41, 5.74) is 5.04. The Morgan fingerprint density at radius 3 is 1.42 bits per heavy atom. The van der Waals surface area contributed by atoms with Gasteiger partial charge in [0.25, 0.3) is 0 Å². The molecule has 3 aromatic heterocycles. The van der Waals surface area contributed by atoms with Crippen LogP contribution in [0, 0.1) is 34.0 Å². The number of phenolic OH excluding ortho intramolecular Hbond substituents is 1. The molecule has 0 aliphatic rings. The SMILES string of the molecule is BrB(Br)Br.C=COc1ccc2c(C#N)cn(CC)c2c1.CCCF.CCn1cc(C#N)c2ccc(O)cc21.CCn1cc(C#N)c2ccc(OC)cc21. The van der Waals surface area contributed by atoms with Crippen LogP contribution in [-0.2, 0) is 19.6 Å². The van der Waals surface area contributed by atoms with Gasteiger partial charge in [0.05, 0.1) is 53.3 Å². The number of aromatic nitrogens is 3. The molecule has 0 amide bonds. The smallest absolute Gasteiger partial charge is 0.369 e. The van der Waals surface area contributed by atoms with Gasteiger partial charge in [-0.3, -0.25) is 4.39 Å². The molecule has 6 aromatic rings. The fourth-order valence-electron chi connectivity index (χ4n) is 5.17. The van der Waals surface area contributed by atoms with Crippen molar-refractivity contribution < 1.29 is 19.0 Å². The molecular formula is C39H41BBr3FN6O3. The molecule has 0 aliphatic carbocycles. The molecule has 3 heterocycles. The van der Waals surface area contributed by atoms with Crippen LogP contribution >= 0.6 is 47.3 Å². The van der Waals surface area contributed by atoms with Gasteiger partial charge in [0.1, 0.15) is 35.5 Å². The molecular weight excluding hydrogens is 870 g/mol. The third-order valence-electron chi connectivity index (χ3n) is 7.60. The first-order chi connectivity index (χ1) is 25.5. The predicted molar refractivity (Wildman–Crippen MR) is 225 cm³/mol. The Labute approximate surface area is 335 Å². The molecule has 0 atom stereocenters. The molecule has 1 N–H and O–H groups in total. The summed E-state index contributed by atoms with van der Waals surface area (Å²) in [6, 6.07) is 23.0. The molecule has 0 saturated heterocycles. The number of rotatable bonds is 7. The van der Waals surface area contributed by atoms with E-state index in [4.69, 9.17) is 25.3 Å². The molecule has 0 saturated carbocycles. The average molecular weight is 911 g/mol. The summed E-state index contributed by atoms with van der Waals surface area (Å²) in [6.45, 7) is 13.7. The van der Waals surface area contributed by atoms with Crippen molar-refractivity contribution in [3.63, 3.8) is 0 Å². The number of aryl methyl sites for hydroxylation is 3. The monoisotopic (exact) mass is 908 g/mol. The van der Waals surface area contributed by atoms with E-state index in [1.165, 1.54) is 6.26 Å². The van der Waals surface area contributed by atoms with Crippen LogP contribution in [0.1, 0.15) is 50.8 Å². The number of benzene rings is 3. The normalized spacial score (nSPS) is 9.70. The summed E-state index contributed by atoms with van der Waals surface area (Å²) < 4.78 is 27.4. The summed E-state index contributed by atoms with van der Waals surface area (Å²) in [5, 5.41) is 39.0. The number of hydrogen-bond acceptors (Lipinski definition) is 6. The van der Waals surface area contributed by atoms with Crippen LogP contribution in [0.3, 0.4) is 0 Å². The quantitative estimate of drug-likeness (QED) is 0.126. The Morgan fingerprint density at radius 2 is 1.08 bits per heavy atom. The van der Waals surface area contributed by atoms with E-state index in [1.807, 2.05) is 78.0 Å². The Kier molecular flexibility index (Phi) is 19.4. The number of nitriles is 3. The van der Waals surface area contributed by atoms with Crippen molar-refractivity contribution in [1.29, 1.82) is 15.8 Å². The Balaban J connectivity index is 0.000000250. The molecule has 0 radical (unpaired) electrons. The molecule has 9 nitrogen and oxygen atoms in total. The lowest BCUT2D eigenvalue weighted by Gasteiger charge is -2.03. The van der Waals surface area contributed by atoms with E-state index in [9.17, 15) is 9.50 Å². The maximum Gasteiger partial charge on any atom is 0.369 e. The Hall–Kier alpha value is -4.68. The van der Waals surface area contributed by atoms with Gasteiger partial charge < -0.3 is 28.3 Å². The van der Waals surface area contributed by atoms with E-state index < -0.39 is 0 Å². The first-order valence-electron chi connectivity index (χ1n) is 16.6. The third-order valence-corrected chi connectivity index (χ3v) is 7.60. The highest BCUT2D eigenvalue weighted by Crippen LogP contribution is 2.27. The minimum absolute atomic E-state index is 0.181. The first kappa shape index (κ1) is 44.5. The number of phenols is 1. The van der Waals surface area contributed by atoms with Gasteiger partial charge in [-0.15, -0.1) is 47.3 Å². The number of hydrogen-bond donors (Lipinski definition) is 1. The van der Waals surface area contributed by atoms with Gasteiger partial charge in [0, 0.05) is 72.6 Å². The zero-order chi connectivity index (χ0) is 39.5. The van der Waals surface area contributed by atoms with E-state index in [2.05, 4.69) is 83.5 Å². The molecule has 14 heteroatoms. The van der Waals surface area contributed by atoms with E-state index in [1.54, 1.807) is 32.2 Å². The van der Waals surface area contributed by atoms with Crippen LogP contribution in [0.2, 0.25) is 0 Å². The van der Waals surface area contributed by atoms with Crippen LogP contribution in [0.5, 0.6) is 17.2 Å². The fourth-order valence-corrected chi connectivity index (χ4v) is 5.17. The highest BCUT2D eigenvalue weighted by molar-refractivity contribution is 9.69. The first-order valence-corrected chi connectivity index (χ1v) is 19.3. The molecule has 0 unspecified atom stereocenters. The molecule has 0 spiro atoms. The zero-order valence-corrected chi connectivity index (χ0v) is 35.0. The summed E-state index contributed by atoms with van der Waals surface area (Å²) in [6.07, 6.45) is 7.60. The maximum absolute atomic E-state index is 10.7. The van der Waals surface area contributed by atoms with Gasteiger partial charge in [-0.2, -0.15) is 15.8 Å². The summed E-state index contributed by atoms with van der Waals surface area (Å²) in [7, 11) is 1.64. The van der Waals surface area contributed by atoms with Crippen molar-refractivity contribution in [2.75, 3.05) is 13.8 Å². The van der Waals surface area contributed by atoms with Gasteiger partial charge in [-0.05, 0) is 63.6 Å². The average Bonchev–Trinajstić information content (AvgIpc) is 3.84. The van der Waals surface area contributed by atoms with Gasteiger partial charge in [-0.1, -0.05) is 13.5 Å². The number of nitrogens with zero attached hydrogens (tertiary/aromatic N) is 6. The number of methoxy groups -OCH3 is 1. The second-order valence-electron chi connectivity index (χ2n) is 10.8. The Morgan fingerprint density at radius 1 is 0.717 bits per heavy atom. The van der Waals surface area contributed by atoms with Crippen LogP contribution in [-0.4, -0.2) is 35.8 Å². The highest BCUT2D eigenvalue weighted by Gasteiger charge is 2.10. The molecule has 53 heavy (non-hydrogen) atoms. The van der Waals surface area contributed by atoms with Crippen LogP contribution < -0.4 is 9.47 Å². The molecule has 276 valence electrons. The number of alkyl halides is 1. The van der Waals surface area contributed by atoms with Crippen molar-refractivity contribution in [3.05, 3.63) is 103 Å². The minimum atomic E-state index is -0.181. The number of ether oxygens (including phenoxy) is 2. The molecule has 0 aliphatic heterocycles. The lowest BCUT2D eigenvalue weighted by atomic mass is 10.2. The topological polar surface area (TPSA) is 125 Å². The number of fused-ring (bicyclic) bond motifs is 3. The fraction of sp³-hybridized carbons (Fsp3) is 0.256. The summed E-state index contributed by atoms with van der Waals surface area (Å²) in [5.74, 6) is 1.79. The summed E-state index contributed by atoms with van der Waals surface area (Å²) in [4.78, 5) is 0. The van der Waals surface area contributed by atoms with E-state index >= 15 is 0 Å². The van der Waals surface area contributed by atoms with Crippen LogP contribution in [0.4, 0.5) is 4.39 Å². The van der Waals surface area contributed by atoms with Crippen molar-refractivity contribution in [2.45, 2.75) is 53.8 Å². The second kappa shape index (κ2) is 23.1. The van der Waals surface area contributed by atoms with Crippen molar-refractivity contribution in [2.24, 2.45) is 0 Å². The van der Waals surface area contributed by atoms with Crippen molar-refractivity contribution >= 4 is 83.2 Å². The lowest BCUT2D eigenvalue weighted by Crippen LogP contribution is -1.91. The molecule has 3 aromatic carbocycles. The zero-order valence-electron chi connectivity index (χ0n) is 30.3. The number of aromatic hydroxyl groups is 1. The van der Waals surface area contributed by atoms with Crippen molar-refractivity contribution in [3.8, 4) is 35.5 Å². The predicted octanol–water partition coefficient (Wildman–Crippen LogP) is 11.4. The van der Waals surface area contributed by atoms with E-state index in [0.29, 0.717) is 17.5 Å². The van der Waals surface area contributed by atoms with Crippen LogP contribution in [0.15, 0.2) is 86.0 Å². The summed E-state index contributed by atoms with van der Waals surface area (Å²) >= 11 is 9.31. The van der Waals surface area contributed by atoms with Gasteiger partial charge in [0.2, 0.25) is 0 Å². The molecule has 0 fully saturated rings. The molecule has 0 bridgehead atoms. The van der Waals surface area contributed by atoms with Gasteiger partial charge in [-0.25, -0.2) is 0 Å². The van der Waals surface area contributed by atoms with Crippen molar-refractivity contribution in [1.82, 2.24) is 13.7 Å². The van der Waals surface area contributed by atoms with E-state index in [0.717, 1.165) is 69.4 Å².